The third-order valence-corrected chi connectivity index (χ3v) is 1.86. The van der Waals surface area contributed by atoms with Gasteiger partial charge in [-0.2, -0.15) is 0 Å². The van der Waals surface area contributed by atoms with Gasteiger partial charge in [-0.3, -0.25) is 0 Å². The summed E-state index contributed by atoms with van der Waals surface area (Å²) in [7, 11) is 0. The molecule has 0 spiro atoms. The summed E-state index contributed by atoms with van der Waals surface area (Å²) < 4.78 is 28.6. The summed E-state index contributed by atoms with van der Waals surface area (Å²) in [5, 5.41) is 2.54. The summed E-state index contributed by atoms with van der Waals surface area (Å²) in [4.78, 5) is 11.3. The largest absolute Gasteiger partial charge is 0.462 e. The van der Waals surface area contributed by atoms with E-state index >= 15 is 0 Å². The Morgan fingerprint density at radius 2 is 2.00 bits per heavy atom. The lowest BCUT2D eigenvalue weighted by atomic mass is 10.2. The molecule has 3 nitrogen and oxygen atoms in total. The summed E-state index contributed by atoms with van der Waals surface area (Å²) in [5.41, 5.74) is 0.956. The lowest BCUT2D eigenvalue weighted by Gasteiger charge is -2.06. The van der Waals surface area contributed by atoms with Gasteiger partial charge in [-0.1, -0.05) is 0 Å². The molecule has 0 amide bonds. The van der Waals surface area contributed by atoms with Crippen molar-refractivity contribution in [3.8, 4) is 0 Å². The van der Waals surface area contributed by atoms with Crippen molar-refractivity contribution in [2.75, 3.05) is 18.5 Å². The van der Waals surface area contributed by atoms with Crippen LogP contribution in [0.4, 0.5) is 14.5 Å². The Kier molecular flexibility index (Phi) is 4.69. The van der Waals surface area contributed by atoms with Crippen LogP contribution < -0.4 is 5.32 Å². The molecule has 88 valence electrons. The molecule has 0 saturated carbocycles. The number of hydrogen-bond donors (Lipinski definition) is 1. The van der Waals surface area contributed by atoms with Crippen LogP contribution in [0.2, 0.25) is 0 Å². The lowest BCUT2D eigenvalue weighted by molar-refractivity contribution is 0.0526. The number of benzene rings is 1. The number of ether oxygens (including phenoxy) is 1. The van der Waals surface area contributed by atoms with Gasteiger partial charge in [-0.05, 0) is 31.2 Å². The fourth-order valence-corrected chi connectivity index (χ4v) is 1.13. The second-order valence-electron chi connectivity index (χ2n) is 3.07. The van der Waals surface area contributed by atoms with Gasteiger partial charge in [0.25, 0.3) is 6.43 Å². The molecule has 5 heteroatoms. The fraction of sp³-hybridized carbons (Fsp3) is 0.364. The van der Waals surface area contributed by atoms with E-state index in [1.54, 1.807) is 19.1 Å². The van der Waals surface area contributed by atoms with E-state index in [0.29, 0.717) is 17.9 Å². The molecule has 1 N–H and O–H groups in total. The maximum absolute atomic E-state index is 11.9. The van der Waals surface area contributed by atoms with E-state index in [1.807, 2.05) is 0 Å². The van der Waals surface area contributed by atoms with Crippen LogP contribution in [0.5, 0.6) is 0 Å². The van der Waals surface area contributed by atoms with E-state index in [-0.39, 0.29) is 0 Å². The summed E-state index contributed by atoms with van der Waals surface area (Å²) in [6.45, 7) is 1.62. The Hall–Kier alpha value is -1.65. The molecule has 0 unspecified atom stereocenters. The van der Waals surface area contributed by atoms with Gasteiger partial charge >= 0.3 is 5.97 Å². The highest BCUT2D eigenvalue weighted by molar-refractivity contribution is 5.89. The second-order valence-corrected chi connectivity index (χ2v) is 3.07. The lowest BCUT2D eigenvalue weighted by Crippen LogP contribution is -2.10. The van der Waals surface area contributed by atoms with E-state index in [1.165, 1.54) is 12.1 Å². The molecule has 1 rings (SSSR count). The third kappa shape index (κ3) is 3.84. The van der Waals surface area contributed by atoms with Crippen LogP contribution in [0, 0.1) is 0 Å². The number of esters is 1. The molecule has 0 aliphatic carbocycles. The van der Waals surface area contributed by atoms with Crippen LogP contribution in [0.3, 0.4) is 0 Å². The number of carbonyl (C=O) groups excluding carboxylic acids is 1. The van der Waals surface area contributed by atoms with Gasteiger partial charge in [0.1, 0.15) is 0 Å². The minimum atomic E-state index is -2.40. The molecule has 0 aliphatic rings. The van der Waals surface area contributed by atoms with Crippen molar-refractivity contribution >= 4 is 11.7 Å². The molecule has 0 bridgehead atoms. The first kappa shape index (κ1) is 12.4. The van der Waals surface area contributed by atoms with E-state index in [2.05, 4.69) is 5.32 Å². The van der Waals surface area contributed by atoms with Crippen LogP contribution in [-0.2, 0) is 4.74 Å². The van der Waals surface area contributed by atoms with E-state index in [9.17, 15) is 13.6 Å². The van der Waals surface area contributed by atoms with Gasteiger partial charge in [0.15, 0.2) is 0 Å². The van der Waals surface area contributed by atoms with Crippen molar-refractivity contribution < 1.29 is 18.3 Å². The molecular formula is C11H13F2NO2. The Labute approximate surface area is 92.4 Å². The molecule has 0 radical (unpaired) electrons. The zero-order chi connectivity index (χ0) is 12.0. The zero-order valence-electron chi connectivity index (χ0n) is 8.87. The van der Waals surface area contributed by atoms with Gasteiger partial charge in [-0.15, -0.1) is 0 Å². The SMILES string of the molecule is CCOC(=O)c1ccc(NCC(F)F)cc1. The highest BCUT2D eigenvalue weighted by Crippen LogP contribution is 2.11. The van der Waals surface area contributed by atoms with Crippen molar-refractivity contribution in [3.05, 3.63) is 29.8 Å². The first-order chi connectivity index (χ1) is 7.63. The van der Waals surface area contributed by atoms with Crippen molar-refractivity contribution in [1.29, 1.82) is 0 Å². The van der Waals surface area contributed by atoms with Gasteiger partial charge in [0, 0.05) is 5.69 Å². The normalized spacial score (nSPS) is 10.2. The predicted molar refractivity (Wildman–Crippen MR) is 56.9 cm³/mol. The summed E-state index contributed by atoms with van der Waals surface area (Å²) in [6.07, 6.45) is -2.40. The minimum absolute atomic E-state index is 0.310. The molecule has 0 atom stereocenters. The van der Waals surface area contributed by atoms with Crippen molar-refractivity contribution in [2.45, 2.75) is 13.3 Å². The van der Waals surface area contributed by atoms with Gasteiger partial charge in [-0.25, -0.2) is 13.6 Å². The van der Waals surface area contributed by atoms with Crippen LogP contribution in [0.1, 0.15) is 17.3 Å². The molecule has 0 aromatic heterocycles. The number of hydrogen-bond acceptors (Lipinski definition) is 3. The Bertz CT molecular complexity index is 338. The average molecular weight is 229 g/mol. The third-order valence-electron chi connectivity index (χ3n) is 1.86. The molecule has 16 heavy (non-hydrogen) atoms. The van der Waals surface area contributed by atoms with Crippen LogP contribution in [0.15, 0.2) is 24.3 Å². The molecule has 1 aromatic carbocycles. The number of carbonyl (C=O) groups is 1. The van der Waals surface area contributed by atoms with E-state index in [4.69, 9.17) is 4.74 Å². The van der Waals surface area contributed by atoms with E-state index in [0.717, 1.165) is 0 Å². The van der Waals surface area contributed by atoms with E-state index < -0.39 is 18.9 Å². The molecular weight excluding hydrogens is 216 g/mol. The maximum Gasteiger partial charge on any atom is 0.338 e. The number of nitrogens with one attached hydrogen (secondary N) is 1. The zero-order valence-corrected chi connectivity index (χ0v) is 8.87. The molecule has 0 heterocycles. The highest BCUT2D eigenvalue weighted by Gasteiger charge is 2.06. The summed E-state index contributed by atoms with van der Waals surface area (Å²) >= 11 is 0. The smallest absolute Gasteiger partial charge is 0.338 e. The first-order valence-electron chi connectivity index (χ1n) is 4.92. The molecule has 0 aliphatic heterocycles. The van der Waals surface area contributed by atoms with Crippen LogP contribution >= 0.6 is 0 Å². The van der Waals surface area contributed by atoms with Gasteiger partial charge in [0.2, 0.25) is 0 Å². The second kappa shape index (κ2) is 6.05. The predicted octanol–water partition coefficient (Wildman–Crippen LogP) is 2.54. The highest BCUT2D eigenvalue weighted by atomic mass is 19.3. The number of rotatable bonds is 5. The van der Waals surface area contributed by atoms with Crippen molar-refractivity contribution in [2.24, 2.45) is 0 Å². The summed E-state index contributed by atoms with van der Waals surface area (Å²) in [5.74, 6) is -0.414. The van der Waals surface area contributed by atoms with Crippen molar-refractivity contribution in [3.63, 3.8) is 0 Å². The number of alkyl halides is 2. The topological polar surface area (TPSA) is 38.3 Å². The number of halogens is 2. The Balaban J connectivity index is 2.57. The summed E-state index contributed by atoms with van der Waals surface area (Å²) in [6, 6.07) is 6.20. The molecule has 1 aromatic rings. The molecule has 0 saturated heterocycles. The Morgan fingerprint density at radius 3 is 2.50 bits per heavy atom. The van der Waals surface area contributed by atoms with Crippen LogP contribution in [0.25, 0.3) is 0 Å². The maximum atomic E-state index is 11.9. The quantitative estimate of drug-likeness (QED) is 0.788. The van der Waals surface area contributed by atoms with Crippen molar-refractivity contribution in [1.82, 2.24) is 0 Å². The monoisotopic (exact) mass is 229 g/mol. The number of anilines is 1. The first-order valence-corrected chi connectivity index (χ1v) is 4.92. The minimum Gasteiger partial charge on any atom is -0.462 e. The fourth-order valence-electron chi connectivity index (χ4n) is 1.13. The average Bonchev–Trinajstić information content (AvgIpc) is 2.27. The Morgan fingerprint density at radius 1 is 1.38 bits per heavy atom. The van der Waals surface area contributed by atoms with Crippen LogP contribution in [-0.4, -0.2) is 25.5 Å². The standard InChI is InChI=1S/C11H13F2NO2/c1-2-16-11(15)8-3-5-9(6-4-8)14-7-10(12)13/h3-6,10,14H,2,7H2,1H3. The van der Waals surface area contributed by atoms with Gasteiger partial charge in [0.05, 0.1) is 18.7 Å². The van der Waals surface area contributed by atoms with Gasteiger partial charge < -0.3 is 10.1 Å². The molecule has 0 fully saturated rings.